The van der Waals surface area contributed by atoms with Crippen LogP contribution in [0.15, 0.2) is 42.5 Å². The molecule has 0 radical (unpaired) electrons. The van der Waals surface area contributed by atoms with Crippen LogP contribution in [0.1, 0.15) is 54.8 Å². The molecule has 1 aliphatic rings. The van der Waals surface area contributed by atoms with Gasteiger partial charge < -0.3 is 14.6 Å². The molecular weight excluding hydrogens is 412 g/mol. The number of hydrogen-bond acceptors (Lipinski definition) is 4. The molecule has 6 nitrogen and oxygen atoms in total. The van der Waals surface area contributed by atoms with E-state index in [0.717, 1.165) is 40.7 Å². The van der Waals surface area contributed by atoms with Gasteiger partial charge in [-0.3, -0.25) is 4.79 Å². The highest BCUT2D eigenvalue weighted by atomic mass is 16.5. The summed E-state index contributed by atoms with van der Waals surface area (Å²) in [6.45, 7) is 9.23. The van der Waals surface area contributed by atoms with Gasteiger partial charge in [-0.1, -0.05) is 30.3 Å². The first kappa shape index (κ1) is 22.8. The average Bonchev–Trinajstić information content (AvgIpc) is 3.05. The number of nitriles is 1. The second-order valence-electron chi connectivity index (χ2n) is 9.36. The lowest BCUT2D eigenvalue weighted by atomic mass is 9.94. The standard InChI is InChI=1S/C27H30N4O2/c1-18-14-19(2)29-26-25(18)22(16-28)23(31(26)17-20-8-6-5-7-9-20)10-11-24(32)30-21-12-13-33-27(3,4)15-21/h5-11,14,21H,12-13,15,17H2,1-4H3,(H,30,32)/b11-10+. The quantitative estimate of drug-likeness (QED) is 0.583. The molecule has 0 spiro atoms. The van der Waals surface area contributed by atoms with Gasteiger partial charge >= 0.3 is 0 Å². The summed E-state index contributed by atoms with van der Waals surface area (Å²) in [5.41, 5.74) is 4.76. The molecule has 1 aromatic carbocycles. The van der Waals surface area contributed by atoms with Crippen LogP contribution in [0.25, 0.3) is 17.1 Å². The van der Waals surface area contributed by atoms with Crippen LogP contribution >= 0.6 is 0 Å². The number of carbonyl (C=O) groups excluding carboxylic acids is 1. The zero-order valence-corrected chi connectivity index (χ0v) is 19.7. The van der Waals surface area contributed by atoms with Crippen molar-refractivity contribution in [3.8, 4) is 6.07 Å². The van der Waals surface area contributed by atoms with E-state index in [1.807, 2.05) is 68.7 Å². The normalized spacial score (nSPS) is 17.8. The molecule has 3 heterocycles. The van der Waals surface area contributed by atoms with E-state index >= 15 is 0 Å². The molecule has 1 unspecified atom stereocenters. The Balaban J connectivity index is 1.71. The van der Waals surface area contributed by atoms with Crippen molar-refractivity contribution in [1.82, 2.24) is 14.9 Å². The fraction of sp³-hybridized carbons (Fsp3) is 0.370. The number of aryl methyl sites for hydroxylation is 2. The Kier molecular flexibility index (Phi) is 6.35. The molecule has 1 saturated heterocycles. The Morgan fingerprint density at radius 1 is 1.33 bits per heavy atom. The number of aromatic nitrogens is 2. The van der Waals surface area contributed by atoms with Crippen LogP contribution in [-0.4, -0.2) is 33.7 Å². The maximum Gasteiger partial charge on any atom is 0.244 e. The van der Waals surface area contributed by atoms with Gasteiger partial charge in [0.1, 0.15) is 11.7 Å². The SMILES string of the molecule is Cc1cc(C)c2c(C#N)c(/C=C/C(=O)NC3CCOC(C)(C)C3)n(Cc3ccccc3)c2n1. The molecule has 33 heavy (non-hydrogen) atoms. The Morgan fingerprint density at radius 2 is 2.09 bits per heavy atom. The second kappa shape index (κ2) is 9.21. The molecule has 4 rings (SSSR count). The lowest BCUT2D eigenvalue weighted by molar-refractivity contribution is -0.119. The lowest BCUT2D eigenvalue weighted by Gasteiger charge is -2.35. The van der Waals surface area contributed by atoms with Gasteiger partial charge in [-0.05, 0) is 63.8 Å². The summed E-state index contributed by atoms with van der Waals surface area (Å²) in [6, 6.07) is 14.5. The largest absolute Gasteiger partial charge is 0.375 e. The van der Waals surface area contributed by atoms with Gasteiger partial charge in [-0.25, -0.2) is 4.98 Å². The molecule has 1 aliphatic heterocycles. The van der Waals surface area contributed by atoms with E-state index in [1.165, 1.54) is 6.08 Å². The highest BCUT2D eigenvalue weighted by Crippen LogP contribution is 2.30. The average molecular weight is 443 g/mol. The summed E-state index contributed by atoms with van der Waals surface area (Å²) >= 11 is 0. The maximum absolute atomic E-state index is 12.8. The molecule has 0 bridgehead atoms. The van der Waals surface area contributed by atoms with E-state index in [-0.39, 0.29) is 17.6 Å². The predicted octanol–water partition coefficient (Wildman–Crippen LogP) is 4.66. The van der Waals surface area contributed by atoms with Crippen molar-refractivity contribution >= 4 is 23.0 Å². The number of nitrogens with zero attached hydrogens (tertiary/aromatic N) is 3. The summed E-state index contributed by atoms with van der Waals surface area (Å²) in [5, 5.41) is 14.0. The van der Waals surface area contributed by atoms with Gasteiger partial charge in [0, 0.05) is 36.3 Å². The highest BCUT2D eigenvalue weighted by Gasteiger charge is 2.29. The minimum Gasteiger partial charge on any atom is -0.375 e. The zero-order valence-electron chi connectivity index (χ0n) is 19.7. The molecule has 3 aromatic rings. The third-order valence-electron chi connectivity index (χ3n) is 6.11. The van der Waals surface area contributed by atoms with Crippen molar-refractivity contribution in [2.75, 3.05) is 6.61 Å². The zero-order chi connectivity index (χ0) is 23.6. The van der Waals surface area contributed by atoms with Crippen molar-refractivity contribution < 1.29 is 9.53 Å². The molecule has 0 aliphatic carbocycles. The van der Waals surface area contributed by atoms with Crippen LogP contribution in [0.4, 0.5) is 0 Å². The number of amides is 1. The third kappa shape index (κ3) is 4.99. The summed E-state index contributed by atoms with van der Waals surface area (Å²) in [5.74, 6) is -0.168. The van der Waals surface area contributed by atoms with Gasteiger partial charge in [0.25, 0.3) is 0 Å². The summed E-state index contributed by atoms with van der Waals surface area (Å²) in [6.07, 6.45) is 4.84. The molecule has 0 saturated carbocycles. The van der Waals surface area contributed by atoms with Crippen molar-refractivity contribution in [3.05, 3.63) is 70.6 Å². The number of carbonyl (C=O) groups is 1. The number of ether oxygens (including phenoxy) is 1. The second-order valence-corrected chi connectivity index (χ2v) is 9.36. The van der Waals surface area contributed by atoms with Crippen LogP contribution < -0.4 is 5.32 Å². The third-order valence-corrected chi connectivity index (χ3v) is 6.11. The van der Waals surface area contributed by atoms with Gasteiger partial charge in [-0.2, -0.15) is 5.26 Å². The van der Waals surface area contributed by atoms with Crippen LogP contribution in [0.3, 0.4) is 0 Å². The summed E-state index contributed by atoms with van der Waals surface area (Å²) in [7, 11) is 0. The molecule has 1 fully saturated rings. The van der Waals surface area contributed by atoms with Gasteiger partial charge in [0.15, 0.2) is 0 Å². The Morgan fingerprint density at radius 3 is 2.79 bits per heavy atom. The van der Waals surface area contributed by atoms with E-state index < -0.39 is 0 Å². The van der Waals surface area contributed by atoms with E-state index in [0.29, 0.717) is 24.4 Å². The summed E-state index contributed by atoms with van der Waals surface area (Å²) in [4.78, 5) is 17.5. The van der Waals surface area contributed by atoms with Crippen molar-refractivity contribution in [2.24, 2.45) is 0 Å². The van der Waals surface area contributed by atoms with E-state index in [1.54, 1.807) is 6.08 Å². The smallest absolute Gasteiger partial charge is 0.244 e. The number of benzene rings is 1. The molecule has 2 aromatic heterocycles. The first-order valence-corrected chi connectivity index (χ1v) is 11.3. The van der Waals surface area contributed by atoms with E-state index in [9.17, 15) is 10.1 Å². The minimum atomic E-state index is -0.239. The topological polar surface area (TPSA) is 79.9 Å². The number of rotatable bonds is 5. The Labute approximate surface area is 194 Å². The summed E-state index contributed by atoms with van der Waals surface area (Å²) < 4.78 is 7.78. The predicted molar refractivity (Wildman–Crippen MR) is 130 cm³/mol. The van der Waals surface area contributed by atoms with Gasteiger partial charge in [0.2, 0.25) is 5.91 Å². The van der Waals surface area contributed by atoms with Gasteiger partial charge in [-0.15, -0.1) is 0 Å². The fourth-order valence-electron chi connectivity index (χ4n) is 4.67. The first-order chi connectivity index (χ1) is 15.8. The van der Waals surface area contributed by atoms with Crippen molar-refractivity contribution in [1.29, 1.82) is 5.26 Å². The number of hydrogen-bond donors (Lipinski definition) is 1. The van der Waals surface area contributed by atoms with E-state index in [2.05, 4.69) is 11.4 Å². The fourth-order valence-corrected chi connectivity index (χ4v) is 4.67. The van der Waals surface area contributed by atoms with Crippen LogP contribution in [0.2, 0.25) is 0 Å². The van der Waals surface area contributed by atoms with Crippen molar-refractivity contribution in [2.45, 2.75) is 58.7 Å². The van der Waals surface area contributed by atoms with Gasteiger partial charge in [0.05, 0.1) is 16.9 Å². The van der Waals surface area contributed by atoms with Crippen LogP contribution in [0, 0.1) is 25.2 Å². The number of fused-ring (bicyclic) bond motifs is 1. The minimum absolute atomic E-state index is 0.0723. The Bertz CT molecular complexity index is 1250. The first-order valence-electron chi connectivity index (χ1n) is 11.3. The van der Waals surface area contributed by atoms with Crippen LogP contribution in [0.5, 0.6) is 0 Å². The maximum atomic E-state index is 12.8. The molecule has 6 heteroatoms. The molecule has 1 amide bonds. The molecule has 1 atom stereocenters. The number of nitrogens with one attached hydrogen (secondary N) is 1. The Hall–Kier alpha value is -3.43. The molecule has 170 valence electrons. The van der Waals surface area contributed by atoms with E-state index in [4.69, 9.17) is 9.72 Å². The highest BCUT2D eigenvalue weighted by molar-refractivity contribution is 5.96. The molecule has 1 N–H and O–H groups in total. The van der Waals surface area contributed by atoms with Crippen LogP contribution in [-0.2, 0) is 16.1 Å². The lowest BCUT2D eigenvalue weighted by Crippen LogP contribution is -2.45. The molecular formula is C27H30N4O2. The van der Waals surface area contributed by atoms with Crippen molar-refractivity contribution in [3.63, 3.8) is 0 Å². The number of pyridine rings is 1. The monoisotopic (exact) mass is 442 g/mol.